The third-order valence-corrected chi connectivity index (χ3v) is 4.64. The Morgan fingerprint density at radius 3 is 2.29 bits per heavy atom. The zero-order chi connectivity index (χ0) is 15.3. The van der Waals surface area contributed by atoms with Gasteiger partial charge in [-0.25, -0.2) is 13.1 Å². The first-order valence-electron chi connectivity index (χ1n) is 6.44. The molecule has 0 fully saturated rings. The molecule has 0 saturated heterocycles. The summed E-state index contributed by atoms with van der Waals surface area (Å²) in [5.41, 5.74) is 0.954. The summed E-state index contributed by atoms with van der Waals surface area (Å²) in [6.07, 6.45) is -0.390. The normalized spacial score (nSPS) is 13.0. The number of halogens is 1. The fraction of sp³-hybridized carbons (Fsp3) is 0.200. The smallest absolute Gasteiger partial charge is 0.240 e. The number of aliphatic hydroxyl groups excluding tert-OH is 1. The van der Waals surface area contributed by atoms with E-state index in [0.717, 1.165) is 5.56 Å². The van der Waals surface area contributed by atoms with Crippen molar-refractivity contribution in [2.75, 3.05) is 6.54 Å². The Morgan fingerprint density at radius 1 is 1.05 bits per heavy atom. The van der Waals surface area contributed by atoms with E-state index in [0.29, 0.717) is 11.4 Å². The van der Waals surface area contributed by atoms with Crippen molar-refractivity contribution >= 4 is 21.6 Å². The van der Waals surface area contributed by atoms with Gasteiger partial charge in [-0.1, -0.05) is 41.9 Å². The van der Waals surface area contributed by atoms with Crippen LogP contribution in [0.25, 0.3) is 0 Å². The zero-order valence-corrected chi connectivity index (χ0v) is 12.8. The molecular weight excluding hydrogens is 310 g/mol. The minimum atomic E-state index is -3.63. The van der Waals surface area contributed by atoms with Crippen LogP contribution in [0.2, 0.25) is 5.02 Å². The highest BCUT2D eigenvalue weighted by Gasteiger charge is 2.15. The highest BCUT2D eigenvalue weighted by molar-refractivity contribution is 7.89. The Bertz CT molecular complexity index is 672. The van der Waals surface area contributed by atoms with Crippen LogP contribution in [0.1, 0.15) is 5.56 Å². The molecule has 0 amide bonds. The predicted molar refractivity (Wildman–Crippen MR) is 82.8 cm³/mol. The summed E-state index contributed by atoms with van der Waals surface area (Å²) in [5, 5.41) is 10.4. The minimum Gasteiger partial charge on any atom is -0.391 e. The third kappa shape index (κ3) is 4.82. The van der Waals surface area contributed by atoms with Gasteiger partial charge in [0.1, 0.15) is 0 Å². The van der Waals surface area contributed by atoms with Crippen LogP contribution in [0.15, 0.2) is 59.5 Å². The molecule has 0 bridgehead atoms. The van der Waals surface area contributed by atoms with Crippen molar-refractivity contribution in [1.29, 1.82) is 0 Å². The van der Waals surface area contributed by atoms with Gasteiger partial charge in [0.2, 0.25) is 10.0 Å². The lowest BCUT2D eigenvalue weighted by molar-refractivity contribution is 0.179. The number of hydrogen-bond acceptors (Lipinski definition) is 3. The van der Waals surface area contributed by atoms with Crippen molar-refractivity contribution in [3.63, 3.8) is 0 Å². The van der Waals surface area contributed by atoms with Gasteiger partial charge in [-0.2, -0.15) is 0 Å². The Balaban J connectivity index is 1.94. The second-order valence-electron chi connectivity index (χ2n) is 4.65. The largest absolute Gasteiger partial charge is 0.391 e. The molecule has 0 spiro atoms. The second kappa shape index (κ2) is 7.04. The van der Waals surface area contributed by atoms with Gasteiger partial charge in [0, 0.05) is 11.6 Å². The van der Waals surface area contributed by atoms with Gasteiger partial charge in [-0.3, -0.25) is 0 Å². The Hall–Kier alpha value is -1.40. The molecule has 0 heterocycles. The van der Waals surface area contributed by atoms with Gasteiger partial charge in [-0.05, 0) is 36.2 Å². The van der Waals surface area contributed by atoms with Crippen LogP contribution in [-0.2, 0) is 16.4 Å². The SMILES string of the molecule is O=S(=O)(NC[C@@H](O)Cc1ccccc1)c1ccc(Cl)cc1. The van der Waals surface area contributed by atoms with Crippen molar-refractivity contribution in [1.82, 2.24) is 4.72 Å². The van der Waals surface area contributed by atoms with E-state index in [4.69, 9.17) is 11.6 Å². The summed E-state index contributed by atoms with van der Waals surface area (Å²) >= 11 is 5.72. The van der Waals surface area contributed by atoms with Crippen molar-refractivity contribution in [2.24, 2.45) is 0 Å². The van der Waals surface area contributed by atoms with Crippen LogP contribution in [0.3, 0.4) is 0 Å². The first kappa shape index (κ1) is 16.0. The number of rotatable bonds is 6. The van der Waals surface area contributed by atoms with Crippen molar-refractivity contribution in [3.05, 3.63) is 65.2 Å². The van der Waals surface area contributed by atoms with E-state index >= 15 is 0 Å². The van der Waals surface area contributed by atoms with E-state index in [1.54, 1.807) is 0 Å². The monoisotopic (exact) mass is 325 g/mol. The van der Waals surface area contributed by atoms with E-state index in [-0.39, 0.29) is 11.4 Å². The van der Waals surface area contributed by atoms with E-state index in [1.165, 1.54) is 24.3 Å². The van der Waals surface area contributed by atoms with Crippen LogP contribution in [0.5, 0.6) is 0 Å². The molecule has 0 unspecified atom stereocenters. The molecule has 4 nitrogen and oxygen atoms in total. The molecule has 1 atom stereocenters. The molecule has 0 radical (unpaired) electrons. The highest BCUT2D eigenvalue weighted by Crippen LogP contribution is 2.14. The molecule has 0 aromatic heterocycles. The van der Waals surface area contributed by atoms with Crippen LogP contribution >= 0.6 is 11.6 Å². The van der Waals surface area contributed by atoms with Crippen LogP contribution in [0.4, 0.5) is 0 Å². The number of nitrogens with one attached hydrogen (secondary N) is 1. The minimum absolute atomic E-state index is 0.0418. The van der Waals surface area contributed by atoms with E-state index in [9.17, 15) is 13.5 Å². The molecule has 0 aliphatic carbocycles. The first-order chi connectivity index (χ1) is 9.97. The Labute approximate surface area is 129 Å². The number of hydrogen-bond donors (Lipinski definition) is 2. The van der Waals surface area contributed by atoms with Crippen molar-refractivity contribution < 1.29 is 13.5 Å². The highest BCUT2D eigenvalue weighted by atomic mass is 35.5. The van der Waals surface area contributed by atoms with Gasteiger partial charge >= 0.3 is 0 Å². The second-order valence-corrected chi connectivity index (χ2v) is 6.85. The summed E-state index contributed by atoms with van der Waals surface area (Å²) in [4.78, 5) is 0.124. The summed E-state index contributed by atoms with van der Waals surface area (Å²) in [6.45, 7) is -0.0418. The fourth-order valence-corrected chi connectivity index (χ4v) is 3.06. The zero-order valence-electron chi connectivity index (χ0n) is 11.2. The summed E-state index contributed by atoms with van der Waals surface area (Å²) in [6, 6.07) is 15.3. The van der Waals surface area contributed by atoms with Crippen LogP contribution < -0.4 is 4.72 Å². The van der Waals surface area contributed by atoms with E-state index in [2.05, 4.69) is 4.72 Å². The van der Waals surface area contributed by atoms with Crippen LogP contribution in [-0.4, -0.2) is 26.2 Å². The molecule has 2 rings (SSSR count). The molecule has 2 aromatic rings. The van der Waals surface area contributed by atoms with Gasteiger partial charge in [0.05, 0.1) is 11.0 Å². The molecule has 0 aliphatic rings. The summed E-state index contributed by atoms with van der Waals surface area (Å²) in [7, 11) is -3.63. The predicted octanol–water partition coefficient (Wildman–Crippen LogP) is 2.22. The van der Waals surface area contributed by atoms with E-state index < -0.39 is 16.1 Å². The Kier molecular flexibility index (Phi) is 5.36. The maximum Gasteiger partial charge on any atom is 0.240 e. The Morgan fingerprint density at radius 2 is 1.67 bits per heavy atom. The average Bonchev–Trinajstić information content (AvgIpc) is 2.47. The molecule has 2 aromatic carbocycles. The number of aliphatic hydroxyl groups is 1. The van der Waals surface area contributed by atoms with Crippen molar-refractivity contribution in [3.8, 4) is 0 Å². The molecular formula is C15H16ClNO3S. The standard InChI is InChI=1S/C15H16ClNO3S/c16-13-6-8-15(9-7-13)21(19,20)17-11-14(18)10-12-4-2-1-3-5-12/h1-9,14,17-18H,10-11H2/t14-/m0/s1. The molecule has 2 N–H and O–H groups in total. The maximum absolute atomic E-state index is 12.0. The maximum atomic E-state index is 12.0. The lowest BCUT2D eigenvalue weighted by Gasteiger charge is -2.12. The first-order valence-corrected chi connectivity index (χ1v) is 8.31. The summed E-state index contributed by atoms with van der Waals surface area (Å²) in [5.74, 6) is 0. The lowest BCUT2D eigenvalue weighted by Crippen LogP contribution is -2.33. The number of sulfonamides is 1. The molecule has 6 heteroatoms. The van der Waals surface area contributed by atoms with Gasteiger partial charge < -0.3 is 5.11 Å². The quantitative estimate of drug-likeness (QED) is 0.856. The summed E-state index contributed by atoms with van der Waals surface area (Å²) < 4.78 is 26.5. The number of benzene rings is 2. The molecule has 112 valence electrons. The van der Waals surface area contributed by atoms with Crippen molar-refractivity contribution in [2.45, 2.75) is 17.4 Å². The van der Waals surface area contributed by atoms with Crippen LogP contribution in [0, 0.1) is 0 Å². The fourth-order valence-electron chi connectivity index (χ4n) is 1.86. The third-order valence-electron chi connectivity index (χ3n) is 2.95. The molecule has 0 aliphatic heterocycles. The molecule has 21 heavy (non-hydrogen) atoms. The van der Waals surface area contributed by atoms with Gasteiger partial charge in [0.25, 0.3) is 0 Å². The topological polar surface area (TPSA) is 66.4 Å². The van der Waals surface area contributed by atoms with Gasteiger partial charge in [-0.15, -0.1) is 0 Å². The van der Waals surface area contributed by atoms with E-state index in [1.807, 2.05) is 30.3 Å². The van der Waals surface area contributed by atoms with Gasteiger partial charge in [0.15, 0.2) is 0 Å². The lowest BCUT2D eigenvalue weighted by atomic mass is 10.1. The average molecular weight is 326 g/mol. The molecule has 0 saturated carbocycles.